The minimum Gasteiger partial charge on any atom is -0.327 e. The molecule has 2 aromatic heterocycles. The summed E-state index contributed by atoms with van der Waals surface area (Å²) in [4.78, 5) is 11.7. The molecule has 3 N–H and O–H groups in total. The van der Waals surface area contributed by atoms with E-state index in [1.165, 1.54) is 4.40 Å². The maximum absolute atomic E-state index is 11.7. The number of pyridine rings is 1. The van der Waals surface area contributed by atoms with Crippen molar-refractivity contribution in [3.63, 3.8) is 0 Å². The number of hydrogen-bond acceptors (Lipinski definition) is 3. The van der Waals surface area contributed by atoms with E-state index >= 15 is 0 Å². The molecule has 3 aromatic rings. The minimum atomic E-state index is -0.278. The Morgan fingerprint density at radius 1 is 1.42 bits per heavy atom. The Bertz CT molecular complexity index is 847. The van der Waals surface area contributed by atoms with Gasteiger partial charge in [-0.2, -0.15) is 5.10 Å². The van der Waals surface area contributed by atoms with Crippen molar-refractivity contribution in [1.29, 1.82) is 0 Å². The Morgan fingerprint density at radius 3 is 3.05 bits per heavy atom. The van der Waals surface area contributed by atoms with Crippen molar-refractivity contribution in [2.75, 3.05) is 6.54 Å². The third kappa shape index (κ3) is 1.93. The molecule has 96 valence electrons. The van der Waals surface area contributed by atoms with Crippen LogP contribution in [0.2, 0.25) is 5.02 Å². The van der Waals surface area contributed by atoms with Gasteiger partial charge >= 0.3 is 5.69 Å². The van der Waals surface area contributed by atoms with E-state index in [2.05, 4.69) is 10.2 Å². The van der Waals surface area contributed by atoms with Crippen LogP contribution in [0.3, 0.4) is 0 Å². The fourth-order valence-electron chi connectivity index (χ4n) is 2.10. The van der Waals surface area contributed by atoms with Gasteiger partial charge in [-0.05, 0) is 23.1 Å². The standard InChI is InChI=1S/C13H11ClN4O/c14-9-3-4-10-8(2-1-5-15)7-18-12(11(10)6-9)16-17-13(18)19/h1-4,6-7H,5,15H2,(H,17,19). The molecule has 0 bridgehead atoms. The summed E-state index contributed by atoms with van der Waals surface area (Å²) < 4.78 is 1.47. The van der Waals surface area contributed by atoms with Gasteiger partial charge in [-0.15, -0.1) is 0 Å². The fourth-order valence-corrected chi connectivity index (χ4v) is 2.28. The summed E-state index contributed by atoms with van der Waals surface area (Å²) in [6, 6.07) is 5.52. The predicted octanol–water partition coefficient (Wildman–Crippen LogP) is 1.80. The van der Waals surface area contributed by atoms with Gasteiger partial charge in [0.2, 0.25) is 0 Å². The fraction of sp³-hybridized carbons (Fsp3) is 0.0769. The van der Waals surface area contributed by atoms with Crippen molar-refractivity contribution in [2.24, 2.45) is 5.73 Å². The van der Waals surface area contributed by atoms with E-state index in [1.54, 1.807) is 12.3 Å². The van der Waals surface area contributed by atoms with Gasteiger partial charge in [0.25, 0.3) is 0 Å². The molecule has 6 heteroatoms. The molecule has 0 radical (unpaired) electrons. The van der Waals surface area contributed by atoms with Crippen LogP contribution < -0.4 is 11.4 Å². The van der Waals surface area contributed by atoms with Crippen molar-refractivity contribution in [2.45, 2.75) is 0 Å². The number of benzene rings is 1. The summed E-state index contributed by atoms with van der Waals surface area (Å²) in [5.41, 5.74) is 6.65. The highest BCUT2D eigenvalue weighted by molar-refractivity contribution is 6.31. The van der Waals surface area contributed by atoms with E-state index in [-0.39, 0.29) is 5.69 Å². The lowest BCUT2D eigenvalue weighted by atomic mass is 10.1. The first kappa shape index (κ1) is 12.0. The monoisotopic (exact) mass is 274 g/mol. The van der Waals surface area contributed by atoms with Crippen molar-refractivity contribution in [3.05, 3.63) is 51.5 Å². The largest absolute Gasteiger partial charge is 0.347 e. The number of nitrogens with one attached hydrogen (secondary N) is 1. The van der Waals surface area contributed by atoms with E-state index in [9.17, 15) is 4.79 Å². The quantitative estimate of drug-likeness (QED) is 0.748. The number of rotatable bonds is 2. The average Bonchev–Trinajstić information content (AvgIpc) is 2.78. The Labute approximate surface area is 113 Å². The third-order valence-electron chi connectivity index (χ3n) is 2.94. The van der Waals surface area contributed by atoms with Gasteiger partial charge in [-0.3, -0.25) is 0 Å². The smallest absolute Gasteiger partial charge is 0.327 e. The second-order valence-electron chi connectivity index (χ2n) is 4.13. The summed E-state index contributed by atoms with van der Waals surface area (Å²) in [7, 11) is 0. The highest BCUT2D eigenvalue weighted by Gasteiger charge is 2.09. The minimum absolute atomic E-state index is 0.278. The first-order valence-corrected chi connectivity index (χ1v) is 6.14. The number of H-pyrrole nitrogens is 1. The number of halogens is 1. The summed E-state index contributed by atoms with van der Waals surface area (Å²) in [6.07, 6.45) is 5.46. The van der Waals surface area contributed by atoms with E-state index in [1.807, 2.05) is 24.3 Å². The molecule has 0 amide bonds. The molecule has 2 heterocycles. The maximum Gasteiger partial charge on any atom is 0.347 e. The van der Waals surface area contributed by atoms with Gasteiger partial charge < -0.3 is 5.73 Å². The molecule has 0 atom stereocenters. The van der Waals surface area contributed by atoms with Crippen molar-refractivity contribution < 1.29 is 0 Å². The number of aromatic amines is 1. The summed E-state index contributed by atoms with van der Waals surface area (Å²) in [6.45, 7) is 0.438. The third-order valence-corrected chi connectivity index (χ3v) is 3.17. The average molecular weight is 275 g/mol. The predicted molar refractivity (Wildman–Crippen MR) is 76.4 cm³/mol. The first-order chi connectivity index (χ1) is 9.20. The zero-order valence-electron chi connectivity index (χ0n) is 9.93. The summed E-state index contributed by atoms with van der Waals surface area (Å²) in [5, 5.41) is 8.86. The Hall–Kier alpha value is -2.11. The molecule has 0 fully saturated rings. The second-order valence-corrected chi connectivity index (χ2v) is 4.57. The molecule has 5 nitrogen and oxygen atoms in total. The zero-order valence-corrected chi connectivity index (χ0v) is 10.7. The van der Waals surface area contributed by atoms with Crippen LogP contribution in [-0.2, 0) is 0 Å². The van der Waals surface area contributed by atoms with Crippen LogP contribution in [0, 0.1) is 0 Å². The molecule has 0 saturated heterocycles. The topological polar surface area (TPSA) is 76.2 Å². The van der Waals surface area contributed by atoms with E-state index in [0.29, 0.717) is 17.2 Å². The van der Waals surface area contributed by atoms with Gasteiger partial charge in [0.1, 0.15) is 0 Å². The molecule has 1 aromatic carbocycles. The highest BCUT2D eigenvalue weighted by atomic mass is 35.5. The van der Waals surface area contributed by atoms with Crippen molar-refractivity contribution >= 4 is 34.1 Å². The van der Waals surface area contributed by atoms with Crippen LogP contribution in [-0.4, -0.2) is 21.1 Å². The van der Waals surface area contributed by atoms with Crippen LogP contribution in [0.25, 0.3) is 22.5 Å². The molecule has 0 spiro atoms. The lowest BCUT2D eigenvalue weighted by Crippen LogP contribution is -2.09. The van der Waals surface area contributed by atoms with Crippen LogP contribution >= 0.6 is 11.6 Å². The molecule has 0 unspecified atom stereocenters. The summed E-state index contributed by atoms with van der Waals surface area (Å²) in [5.74, 6) is 0. The van der Waals surface area contributed by atoms with Crippen molar-refractivity contribution in [1.82, 2.24) is 14.6 Å². The van der Waals surface area contributed by atoms with Crippen LogP contribution in [0.1, 0.15) is 5.56 Å². The van der Waals surface area contributed by atoms with Gasteiger partial charge in [0.05, 0.1) is 0 Å². The maximum atomic E-state index is 11.7. The molecular weight excluding hydrogens is 264 g/mol. The molecule has 0 aliphatic rings. The zero-order chi connectivity index (χ0) is 13.4. The van der Waals surface area contributed by atoms with Crippen LogP contribution in [0.4, 0.5) is 0 Å². The number of aromatic nitrogens is 3. The van der Waals surface area contributed by atoms with Gasteiger partial charge in [-0.25, -0.2) is 14.3 Å². The molecular formula is C13H11ClN4O. The summed E-state index contributed by atoms with van der Waals surface area (Å²) >= 11 is 6.02. The van der Waals surface area contributed by atoms with Crippen LogP contribution in [0.5, 0.6) is 0 Å². The molecule has 0 saturated carbocycles. The Kier molecular flexibility index (Phi) is 2.85. The number of nitrogens with two attached hydrogens (primary N) is 1. The number of fused-ring (bicyclic) bond motifs is 3. The van der Waals surface area contributed by atoms with Crippen LogP contribution in [0.15, 0.2) is 35.3 Å². The van der Waals surface area contributed by atoms with Gasteiger partial charge in [0, 0.05) is 23.2 Å². The molecule has 19 heavy (non-hydrogen) atoms. The number of nitrogens with zero attached hydrogens (tertiary/aromatic N) is 2. The number of hydrogen-bond donors (Lipinski definition) is 2. The van der Waals surface area contributed by atoms with Gasteiger partial charge in [0.15, 0.2) is 5.65 Å². The van der Waals surface area contributed by atoms with E-state index in [4.69, 9.17) is 17.3 Å². The molecule has 0 aliphatic heterocycles. The van der Waals surface area contributed by atoms with Crippen molar-refractivity contribution in [3.8, 4) is 0 Å². The molecule has 0 aliphatic carbocycles. The van der Waals surface area contributed by atoms with E-state index in [0.717, 1.165) is 16.3 Å². The first-order valence-electron chi connectivity index (χ1n) is 5.76. The van der Waals surface area contributed by atoms with E-state index < -0.39 is 0 Å². The Balaban J connectivity index is 2.49. The van der Waals surface area contributed by atoms with Gasteiger partial charge in [-0.1, -0.05) is 29.8 Å². The lowest BCUT2D eigenvalue weighted by molar-refractivity contribution is 1.02. The highest BCUT2D eigenvalue weighted by Crippen LogP contribution is 2.25. The normalized spacial score (nSPS) is 11.9. The molecule has 3 rings (SSSR count). The second kappa shape index (κ2) is 4.53. The lowest BCUT2D eigenvalue weighted by Gasteiger charge is -2.05. The SMILES string of the molecule is NCC=Cc1cn2c(=O)[nH]nc2c2cc(Cl)ccc12. The Morgan fingerprint density at radius 2 is 2.26 bits per heavy atom.